The number of thioether (sulfide) groups is 1. The van der Waals surface area contributed by atoms with Crippen LogP contribution >= 0.6 is 11.8 Å². The first-order chi connectivity index (χ1) is 22.9. The van der Waals surface area contributed by atoms with E-state index in [-0.39, 0.29) is 48.3 Å². The van der Waals surface area contributed by atoms with Gasteiger partial charge in [0.2, 0.25) is 11.8 Å². The number of alkyl carbamates (subject to hydrolysis) is 1. The average molecular weight is 687 g/mol. The minimum Gasteiger partial charge on any atom is -0.449 e. The van der Waals surface area contributed by atoms with Gasteiger partial charge in [-0.1, -0.05) is 65.3 Å². The highest BCUT2D eigenvalue weighted by Crippen LogP contribution is 2.63. The molecule has 0 heterocycles. The number of ketones is 2. The van der Waals surface area contributed by atoms with Crippen molar-refractivity contribution >= 4 is 41.2 Å². The first-order valence-electron chi connectivity index (χ1n) is 17.7. The summed E-state index contributed by atoms with van der Waals surface area (Å²) >= 11 is 1.55. The van der Waals surface area contributed by atoms with Crippen LogP contribution in [-0.4, -0.2) is 72.8 Å². The van der Waals surface area contributed by atoms with E-state index in [2.05, 4.69) is 22.0 Å². The van der Waals surface area contributed by atoms with Gasteiger partial charge in [0.1, 0.15) is 17.9 Å². The molecule has 10 nitrogen and oxygen atoms in total. The zero-order valence-corrected chi connectivity index (χ0v) is 30.6. The van der Waals surface area contributed by atoms with E-state index in [0.29, 0.717) is 38.0 Å². The number of unbranched alkanes of at least 4 members (excludes halogenated alkanes) is 1. The SMILES string of the molecule is CCC(=O)C(CCCCN)C1CC12CC(=O)C(NC(=O)C(CC(C)C)NC(=O)C(CCSC)NC(=O)OCC(C)C)Cc1ccccc12. The van der Waals surface area contributed by atoms with E-state index in [1.165, 1.54) is 0 Å². The first-order valence-corrected chi connectivity index (χ1v) is 19.1. The Morgan fingerprint density at radius 2 is 1.73 bits per heavy atom. The van der Waals surface area contributed by atoms with Crippen LogP contribution in [0.2, 0.25) is 0 Å². The lowest BCUT2D eigenvalue weighted by Crippen LogP contribution is -2.56. The fourth-order valence-corrected chi connectivity index (χ4v) is 7.56. The average Bonchev–Trinajstić information content (AvgIpc) is 3.78. The third-order valence-corrected chi connectivity index (χ3v) is 10.3. The highest BCUT2D eigenvalue weighted by atomic mass is 32.2. The maximum absolute atomic E-state index is 14.0. The largest absolute Gasteiger partial charge is 0.449 e. The summed E-state index contributed by atoms with van der Waals surface area (Å²) in [6, 6.07) is 5.49. The van der Waals surface area contributed by atoms with Crippen molar-refractivity contribution in [1.29, 1.82) is 0 Å². The van der Waals surface area contributed by atoms with E-state index in [9.17, 15) is 24.0 Å². The summed E-state index contributed by atoms with van der Waals surface area (Å²) in [5, 5.41) is 8.54. The first kappa shape index (κ1) is 39.5. The number of rotatable bonds is 19. The normalized spacial score (nSPS) is 22.0. The Labute approximate surface area is 291 Å². The molecule has 6 unspecified atom stereocenters. The van der Waals surface area contributed by atoms with Crippen LogP contribution in [0.1, 0.15) is 97.1 Å². The van der Waals surface area contributed by atoms with Gasteiger partial charge in [-0.15, -0.1) is 0 Å². The lowest BCUT2D eigenvalue weighted by atomic mass is 9.80. The standard InChI is InChI=1S/C37H58N4O6S/c1-7-32(42)26(13-10-11-16-38)28-20-37(28)21-33(43)30(19-25-12-8-9-14-27(25)37)39-35(45)31(18-23(2)3)40-34(44)29(15-17-48-6)41-36(46)47-22-24(4)5/h8-9,12,14,23-24,26,28-31H,7,10-11,13,15-22,38H2,1-6H3,(H,39,45)(H,40,44)(H,41,46). The smallest absolute Gasteiger partial charge is 0.407 e. The molecule has 1 aromatic rings. The molecule has 2 aliphatic rings. The molecule has 1 saturated carbocycles. The molecule has 268 valence electrons. The second-order valence-corrected chi connectivity index (χ2v) is 15.4. The number of Topliss-reactive ketones (excluding diaryl/α,β-unsaturated/α-hetero) is 2. The van der Waals surface area contributed by atoms with Crippen LogP contribution in [0, 0.1) is 23.7 Å². The van der Waals surface area contributed by atoms with Gasteiger partial charge in [0, 0.05) is 30.6 Å². The van der Waals surface area contributed by atoms with Gasteiger partial charge in [0.15, 0.2) is 5.78 Å². The van der Waals surface area contributed by atoms with E-state index in [0.717, 1.165) is 36.8 Å². The molecule has 1 spiro atoms. The quantitative estimate of drug-likeness (QED) is 0.153. The van der Waals surface area contributed by atoms with Gasteiger partial charge < -0.3 is 26.4 Å². The van der Waals surface area contributed by atoms with Crippen LogP contribution in [0.15, 0.2) is 24.3 Å². The summed E-state index contributed by atoms with van der Waals surface area (Å²) in [4.78, 5) is 66.9. The molecule has 5 N–H and O–H groups in total. The number of fused-ring (bicyclic) bond motifs is 2. The molecule has 0 saturated heterocycles. The molecule has 48 heavy (non-hydrogen) atoms. The van der Waals surface area contributed by atoms with Crippen molar-refractivity contribution < 1.29 is 28.7 Å². The molecule has 6 atom stereocenters. The number of carbonyl (C=O) groups excluding carboxylic acids is 5. The maximum atomic E-state index is 14.0. The summed E-state index contributed by atoms with van der Waals surface area (Å²) in [7, 11) is 0. The van der Waals surface area contributed by atoms with E-state index in [1.807, 2.05) is 59.1 Å². The van der Waals surface area contributed by atoms with Crippen LogP contribution in [0.5, 0.6) is 0 Å². The van der Waals surface area contributed by atoms with E-state index < -0.39 is 41.4 Å². The summed E-state index contributed by atoms with van der Waals surface area (Å²) in [5.41, 5.74) is 7.44. The number of nitrogens with two attached hydrogens (primary N) is 1. The van der Waals surface area contributed by atoms with Crippen molar-refractivity contribution in [2.75, 3.05) is 25.2 Å². The highest BCUT2D eigenvalue weighted by Gasteiger charge is 2.61. The highest BCUT2D eigenvalue weighted by molar-refractivity contribution is 7.98. The van der Waals surface area contributed by atoms with Gasteiger partial charge in [-0.3, -0.25) is 19.2 Å². The molecular weight excluding hydrogens is 628 g/mol. The minimum atomic E-state index is -0.897. The van der Waals surface area contributed by atoms with Crippen LogP contribution < -0.4 is 21.7 Å². The molecule has 1 aromatic carbocycles. The fraction of sp³-hybridized carbons (Fsp3) is 0.703. The van der Waals surface area contributed by atoms with Gasteiger partial charge >= 0.3 is 6.09 Å². The molecular formula is C37H58N4O6S. The Hall–Kier alpha value is -2.92. The Balaban J connectivity index is 1.79. The van der Waals surface area contributed by atoms with E-state index >= 15 is 0 Å². The number of hydrogen-bond acceptors (Lipinski definition) is 8. The lowest BCUT2D eigenvalue weighted by Gasteiger charge is -2.26. The van der Waals surface area contributed by atoms with Crippen molar-refractivity contribution in [1.82, 2.24) is 16.0 Å². The minimum absolute atomic E-state index is 0.0614. The summed E-state index contributed by atoms with van der Waals surface area (Å²) in [6.45, 7) is 10.5. The number of carbonyl (C=O) groups is 5. The molecule has 1 fully saturated rings. The lowest BCUT2D eigenvalue weighted by molar-refractivity contribution is -0.132. The molecule has 0 radical (unpaired) electrons. The Bertz CT molecular complexity index is 1270. The van der Waals surface area contributed by atoms with Gasteiger partial charge in [-0.25, -0.2) is 4.79 Å². The molecule has 0 aliphatic heterocycles. The topological polar surface area (TPSA) is 157 Å². The molecule has 0 aromatic heterocycles. The third kappa shape index (κ3) is 10.8. The zero-order chi connectivity index (χ0) is 35.4. The monoisotopic (exact) mass is 686 g/mol. The number of hydrogen-bond donors (Lipinski definition) is 4. The van der Waals surface area contributed by atoms with Gasteiger partial charge in [0.25, 0.3) is 0 Å². The van der Waals surface area contributed by atoms with Crippen molar-refractivity contribution in [2.45, 2.75) is 116 Å². The molecule has 0 bridgehead atoms. The second kappa shape index (κ2) is 18.7. The number of nitrogens with one attached hydrogen (secondary N) is 3. The number of benzene rings is 1. The summed E-state index contributed by atoms with van der Waals surface area (Å²) in [6.07, 6.45) is 6.31. The Kier molecular flexibility index (Phi) is 15.4. The predicted molar refractivity (Wildman–Crippen MR) is 191 cm³/mol. The van der Waals surface area contributed by atoms with Crippen molar-refractivity contribution in [3.8, 4) is 0 Å². The fourth-order valence-electron chi connectivity index (χ4n) is 7.09. The van der Waals surface area contributed by atoms with Gasteiger partial charge in [0.05, 0.1) is 12.6 Å². The predicted octanol–water partition coefficient (Wildman–Crippen LogP) is 4.70. The van der Waals surface area contributed by atoms with Crippen molar-refractivity contribution in [3.05, 3.63) is 35.4 Å². The summed E-state index contributed by atoms with van der Waals surface area (Å²) < 4.78 is 5.24. The van der Waals surface area contributed by atoms with Crippen LogP contribution in [0.4, 0.5) is 4.79 Å². The van der Waals surface area contributed by atoms with Crippen molar-refractivity contribution in [3.63, 3.8) is 0 Å². The number of ether oxygens (including phenoxy) is 1. The zero-order valence-electron chi connectivity index (χ0n) is 29.8. The Morgan fingerprint density at radius 1 is 1.00 bits per heavy atom. The Morgan fingerprint density at radius 3 is 2.38 bits per heavy atom. The second-order valence-electron chi connectivity index (χ2n) is 14.4. The molecule has 11 heteroatoms. The third-order valence-electron chi connectivity index (χ3n) is 9.63. The molecule has 3 amide bonds. The molecule has 2 aliphatic carbocycles. The van der Waals surface area contributed by atoms with E-state index in [1.54, 1.807) is 11.8 Å². The van der Waals surface area contributed by atoms with Gasteiger partial charge in [-0.05, 0) is 79.5 Å². The van der Waals surface area contributed by atoms with Gasteiger partial charge in [-0.2, -0.15) is 11.8 Å². The van der Waals surface area contributed by atoms with E-state index in [4.69, 9.17) is 10.5 Å². The number of amides is 3. The maximum Gasteiger partial charge on any atom is 0.407 e. The van der Waals surface area contributed by atoms with Crippen molar-refractivity contribution in [2.24, 2.45) is 29.4 Å². The summed E-state index contributed by atoms with van der Waals surface area (Å²) in [5.74, 6) is 0.0837. The van der Waals surface area contributed by atoms with Crippen LogP contribution in [0.3, 0.4) is 0 Å². The van der Waals surface area contributed by atoms with Crippen LogP contribution in [0.25, 0.3) is 0 Å². The molecule has 3 rings (SSSR count). The van der Waals surface area contributed by atoms with Crippen LogP contribution in [-0.2, 0) is 35.8 Å².